The second kappa shape index (κ2) is 4.20. The molecule has 0 aliphatic heterocycles. The van der Waals surface area contributed by atoms with Gasteiger partial charge in [0.05, 0.1) is 5.56 Å². The molecule has 0 amide bonds. The van der Waals surface area contributed by atoms with Gasteiger partial charge in [-0.25, -0.2) is 0 Å². The van der Waals surface area contributed by atoms with E-state index >= 15 is 0 Å². The molecule has 1 saturated carbocycles. The van der Waals surface area contributed by atoms with E-state index in [9.17, 15) is 0 Å². The van der Waals surface area contributed by atoms with Crippen molar-refractivity contribution >= 4 is 5.69 Å². The lowest BCUT2D eigenvalue weighted by Gasteiger charge is -2.20. The van der Waals surface area contributed by atoms with Crippen molar-refractivity contribution in [1.29, 1.82) is 0 Å². The Balaban J connectivity index is 1.94. The lowest BCUT2D eigenvalue weighted by molar-refractivity contribution is 0.366. The fourth-order valence-electron chi connectivity index (χ4n) is 2.06. The molecule has 1 aliphatic rings. The maximum atomic E-state index is 5.35. The van der Waals surface area contributed by atoms with Crippen LogP contribution in [0.2, 0.25) is 0 Å². The molecule has 4 heteroatoms. The second-order valence-electron chi connectivity index (χ2n) is 4.38. The van der Waals surface area contributed by atoms with Crippen molar-refractivity contribution in [3.63, 3.8) is 0 Å². The van der Waals surface area contributed by atoms with Crippen molar-refractivity contribution in [2.75, 3.05) is 12.4 Å². The molecule has 4 nitrogen and oxygen atoms in total. The third-order valence-electron chi connectivity index (χ3n) is 3.34. The molecule has 0 atom stereocenters. The van der Waals surface area contributed by atoms with E-state index in [0.717, 1.165) is 17.1 Å². The van der Waals surface area contributed by atoms with Crippen LogP contribution in [0.4, 0.5) is 5.69 Å². The first-order valence-corrected chi connectivity index (χ1v) is 5.99. The van der Waals surface area contributed by atoms with E-state index in [0.29, 0.717) is 11.8 Å². The Morgan fingerprint density at radius 3 is 2.82 bits per heavy atom. The molecule has 1 aromatic heterocycles. The first-order chi connectivity index (χ1) is 8.38. The van der Waals surface area contributed by atoms with Crippen LogP contribution >= 0.6 is 0 Å². The summed E-state index contributed by atoms with van der Waals surface area (Å²) >= 11 is 0. The number of nitrogens with zero attached hydrogens (tertiary/aromatic N) is 2. The summed E-state index contributed by atoms with van der Waals surface area (Å²) in [5, 5.41) is 7.21. The molecule has 17 heavy (non-hydrogen) atoms. The van der Waals surface area contributed by atoms with Gasteiger partial charge in [0.2, 0.25) is 0 Å². The highest BCUT2D eigenvalue weighted by molar-refractivity contribution is 5.72. The minimum absolute atomic E-state index is 0.509. The smallest absolute Gasteiger partial charge is 0.260 e. The SMILES string of the molecule is CNc1ccccc1-c1nc(C2CCC2)no1. The molecule has 0 spiro atoms. The maximum Gasteiger partial charge on any atom is 0.260 e. The van der Waals surface area contributed by atoms with Crippen molar-refractivity contribution < 1.29 is 4.52 Å². The van der Waals surface area contributed by atoms with Gasteiger partial charge >= 0.3 is 0 Å². The average Bonchev–Trinajstić information content (AvgIpc) is 2.76. The van der Waals surface area contributed by atoms with Crippen LogP contribution in [0.3, 0.4) is 0 Å². The zero-order valence-corrected chi connectivity index (χ0v) is 9.81. The highest BCUT2D eigenvalue weighted by Crippen LogP contribution is 2.36. The van der Waals surface area contributed by atoms with Crippen LogP contribution in [0, 0.1) is 0 Å². The highest BCUT2D eigenvalue weighted by atomic mass is 16.5. The lowest BCUT2D eigenvalue weighted by Crippen LogP contribution is -2.10. The lowest BCUT2D eigenvalue weighted by atomic mass is 9.85. The van der Waals surface area contributed by atoms with Gasteiger partial charge in [-0.15, -0.1) is 0 Å². The van der Waals surface area contributed by atoms with Crippen molar-refractivity contribution in [2.45, 2.75) is 25.2 Å². The third-order valence-corrected chi connectivity index (χ3v) is 3.34. The first kappa shape index (κ1) is 10.3. The van der Waals surface area contributed by atoms with E-state index in [2.05, 4.69) is 15.5 Å². The zero-order valence-electron chi connectivity index (χ0n) is 9.81. The minimum Gasteiger partial charge on any atom is -0.387 e. The molecule has 1 aliphatic carbocycles. The van der Waals surface area contributed by atoms with Gasteiger partial charge in [-0.3, -0.25) is 0 Å². The summed E-state index contributed by atoms with van der Waals surface area (Å²) in [6.45, 7) is 0. The van der Waals surface area contributed by atoms with Gasteiger partial charge in [0.15, 0.2) is 5.82 Å². The summed E-state index contributed by atoms with van der Waals surface area (Å²) in [5.41, 5.74) is 1.98. The summed E-state index contributed by atoms with van der Waals surface area (Å²) in [4.78, 5) is 4.49. The molecular weight excluding hydrogens is 214 g/mol. The molecule has 1 fully saturated rings. The molecular formula is C13H15N3O. The van der Waals surface area contributed by atoms with E-state index in [1.165, 1.54) is 19.3 Å². The molecule has 0 unspecified atom stereocenters. The van der Waals surface area contributed by atoms with Crippen molar-refractivity contribution in [2.24, 2.45) is 0 Å². The van der Waals surface area contributed by atoms with E-state index in [4.69, 9.17) is 4.52 Å². The average molecular weight is 229 g/mol. The van der Waals surface area contributed by atoms with E-state index < -0.39 is 0 Å². The van der Waals surface area contributed by atoms with Crippen LogP contribution in [0.1, 0.15) is 31.0 Å². The van der Waals surface area contributed by atoms with E-state index in [-0.39, 0.29) is 0 Å². The third kappa shape index (κ3) is 1.79. The Morgan fingerprint density at radius 2 is 2.12 bits per heavy atom. The molecule has 1 heterocycles. The first-order valence-electron chi connectivity index (χ1n) is 5.99. The van der Waals surface area contributed by atoms with Crippen LogP contribution in [-0.2, 0) is 0 Å². The van der Waals surface area contributed by atoms with Gasteiger partial charge in [-0.1, -0.05) is 23.7 Å². The maximum absolute atomic E-state index is 5.35. The van der Waals surface area contributed by atoms with Crippen LogP contribution in [-0.4, -0.2) is 17.2 Å². The van der Waals surface area contributed by atoms with Crippen molar-refractivity contribution in [1.82, 2.24) is 10.1 Å². The second-order valence-corrected chi connectivity index (χ2v) is 4.38. The summed E-state index contributed by atoms with van der Waals surface area (Å²) in [7, 11) is 1.89. The predicted molar refractivity (Wildman–Crippen MR) is 65.9 cm³/mol. The fourth-order valence-corrected chi connectivity index (χ4v) is 2.06. The van der Waals surface area contributed by atoms with Gasteiger partial charge in [-0.2, -0.15) is 4.98 Å². The Hall–Kier alpha value is -1.84. The van der Waals surface area contributed by atoms with E-state index in [1.54, 1.807) is 0 Å². The number of aromatic nitrogens is 2. The van der Waals surface area contributed by atoms with Gasteiger partial charge in [-0.05, 0) is 25.0 Å². The molecule has 3 rings (SSSR count). The predicted octanol–water partition coefficient (Wildman–Crippen LogP) is 3.05. The van der Waals surface area contributed by atoms with Crippen molar-refractivity contribution in [3.8, 4) is 11.5 Å². The van der Waals surface area contributed by atoms with Gasteiger partial charge in [0.1, 0.15) is 0 Å². The molecule has 2 aromatic rings. The van der Waals surface area contributed by atoms with Crippen LogP contribution < -0.4 is 5.32 Å². The number of anilines is 1. The zero-order chi connectivity index (χ0) is 11.7. The highest BCUT2D eigenvalue weighted by Gasteiger charge is 2.25. The summed E-state index contributed by atoms with van der Waals surface area (Å²) in [6.07, 6.45) is 3.65. The number of para-hydroxylation sites is 1. The Bertz CT molecular complexity index is 517. The summed E-state index contributed by atoms with van der Waals surface area (Å²) in [5.74, 6) is 1.98. The minimum atomic E-state index is 0.509. The molecule has 1 aromatic carbocycles. The van der Waals surface area contributed by atoms with E-state index in [1.807, 2.05) is 31.3 Å². The molecule has 0 radical (unpaired) electrons. The summed E-state index contributed by atoms with van der Waals surface area (Å²) in [6, 6.07) is 7.95. The Labute approximate surface area is 100 Å². The van der Waals surface area contributed by atoms with Gasteiger partial charge < -0.3 is 9.84 Å². The Kier molecular flexibility index (Phi) is 2.55. The number of benzene rings is 1. The molecule has 0 bridgehead atoms. The van der Waals surface area contributed by atoms with Crippen LogP contribution in [0.25, 0.3) is 11.5 Å². The number of hydrogen-bond acceptors (Lipinski definition) is 4. The van der Waals surface area contributed by atoms with Crippen LogP contribution in [0.15, 0.2) is 28.8 Å². The summed E-state index contributed by atoms with van der Waals surface area (Å²) < 4.78 is 5.35. The molecule has 0 saturated heterocycles. The van der Waals surface area contributed by atoms with Gasteiger partial charge in [0, 0.05) is 18.7 Å². The molecule has 1 N–H and O–H groups in total. The Morgan fingerprint density at radius 1 is 1.29 bits per heavy atom. The standard InChI is InChI=1S/C13H15N3O/c1-14-11-8-3-2-7-10(11)13-15-12(16-17-13)9-5-4-6-9/h2-3,7-9,14H,4-6H2,1H3. The topological polar surface area (TPSA) is 51.0 Å². The normalized spacial score (nSPS) is 15.6. The van der Waals surface area contributed by atoms with Gasteiger partial charge in [0.25, 0.3) is 5.89 Å². The van der Waals surface area contributed by atoms with Crippen LogP contribution in [0.5, 0.6) is 0 Å². The quantitative estimate of drug-likeness (QED) is 0.878. The monoisotopic (exact) mass is 229 g/mol. The number of hydrogen-bond donors (Lipinski definition) is 1. The number of rotatable bonds is 3. The fraction of sp³-hybridized carbons (Fsp3) is 0.385. The number of nitrogens with one attached hydrogen (secondary N) is 1. The largest absolute Gasteiger partial charge is 0.387 e. The van der Waals surface area contributed by atoms with Crippen molar-refractivity contribution in [3.05, 3.63) is 30.1 Å². The molecule has 88 valence electrons.